The maximum atomic E-state index is 9.30. The SMILES string of the molecule is [2H]C([2H])([2H])c1cc(-n2c3ccccc3c3ccc(Oc4cccc(-n5[c-][n+](-c6cc(-c7ccccc7)cc(-c7ccccc7)c6)c6ccccc65)c4)cc32)ncc1-c1cc(-n2c3ccccc3c3ccccc32)cc(-n2c3ccccc3c3ccccc32)c1. The topological polar surface area (TPSA) is 45.7 Å². The summed E-state index contributed by atoms with van der Waals surface area (Å²) in [6.07, 6.45) is 5.48. The second-order valence-corrected chi connectivity index (χ2v) is 22.0. The van der Waals surface area contributed by atoms with Gasteiger partial charge in [-0.1, -0.05) is 182 Å². The van der Waals surface area contributed by atoms with Gasteiger partial charge in [-0.2, -0.15) is 0 Å². The number of pyridine rings is 1. The Morgan fingerprint density at radius 1 is 0.360 bits per heavy atom. The molecule has 0 radical (unpaired) electrons. The number of aryl methyl sites for hydroxylation is 1. The molecule has 5 aromatic heterocycles. The Morgan fingerprint density at radius 3 is 1.41 bits per heavy atom. The Hall–Kier alpha value is -11.5. The van der Waals surface area contributed by atoms with E-state index in [0.29, 0.717) is 22.9 Å². The average Bonchev–Trinajstić information content (AvgIpc) is 2.13. The predicted molar refractivity (Wildman–Crippen MR) is 352 cm³/mol. The molecule has 7 heteroatoms. The van der Waals surface area contributed by atoms with Crippen LogP contribution in [-0.4, -0.2) is 23.3 Å². The molecule has 0 unspecified atom stereocenters. The molecule has 17 aromatic rings. The molecule has 0 fully saturated rings. The number of benzene rings is 12. The van der Waals surface area contributed by atoms with E-state index < -0.39 is 6.85 Å². The molecule has 7 nitrogen and oxygen atoms in total. The second kappa shape index (κ2) is 19.8. The van der Waals surface area contributed by atoms with Gasteiger partial charge in [0.25, 0.3) is 6.33 Å². The summed E-state index contributed by atoms with van der Waals surface area (Å²) in [7, 11) is 0. The first-order valence-electron chi connectivity index (χ1n) is 30.4. The van der Waals surface area contributed by atoms with E-state index >= 15 is 0 Å². The number of fused-ring (bicyclic) bond motifs is 10. The van der Waals surface area contributed by atoms with Crippen molar-refractivity contribution in [3.8, 4) is 73.4 Å². The molecule has 0 aliphatic carbocycles. The molecular weight excluding hydrogens is 1050 g/mol. The third-order valence-corrected chi connectivity index (χ3v) is 16.9. The lowest BCUT2D eigenvalue weighted by atomic mass is 9.98. The Morgan fingerprint density at radius 2 is 0.849 bits per heavy atom. The van der Waals surface area contributed by atoms with Gasteiger partial charge in [-0.15, -0.1) is 0 Å². The molecule has 0 spiro atoms. The minimum absolute atomic E-state index is 0.182. The van der Waals surface area contributed by atoms with Crippen molar-refractivity contribution >= 4 is 76.5 Å². The average molecular weight is 1100 g/mol. The molecule has 17 rings (SSSR count). The number of imidazole rings is 1. The highest BCUT2D eigenvalue weighted by Gasteiger charge is 2.21. The van der Waals surface area contributed by atoms with Crippen molar-refractivity contribution in [2.45, 2.75) is 6.85 Å². The van der Waals surface area contributed by atoms with Crippen LogP contribution in [0.4, 0.5) is 0 Å². The van der Waals surface area contributed by atoms with Crippen LogP contribution in [0.15, 0.2) is 297 Å². The van der Waals surface area contributed by atoms with Crippen LogP contribution in [0.5, 0.6) is 11.5 Å². The first-order chi connectivity index (χ1) is 43.8. The molecule has 5 heterocycles. The lowest BCUT2D eigenvalue weighted by molar-refractivity contribution is -0.572. The molecule has 0 saturated carbocycles. The van der Waals surface area contributed by atoms with Crippen molar-refractivity contribution in [3.05, 3.63) is 309 Å². The fourth-order valence-corrected chi connectivity index (χ4v) is 13.1. The van der Waals surface area contributed by atoms with Gasteiger partial charge < -0.3 is 13.9 Å². The first-order valence-corrected chi connectivity index (χ1v) is 28.9. The lowest BCUT2D eigenvalue weighted by Gasteiger charge is -2.17. The molecule has 0 atom stereocenters. The van der Waals surface area contributed by atoms with E-state index in [4.69, 9.17) is 9.72 Å². The number of nitrogens with zero attached hydrogens (tertiary/aromatic N) is 6. The molecule has 0 bridgehead atoms. The molecule has 0 aliphatic heterocycles. The third kappa shape index (κ3) is 8.05. The van der Waals surface area contributed by atoms with E-state index in [1.807, 2.05) is 54.6 Å². The zero-order chi connectivity index (χ0) is 59.3. The van der Waals surface area contributed by atoms with Gasteiger partial charge in [0.15, 0.2) is 0 Å². The second-order valence-electron chi connectivity index (χ2n) is 22.0. The zero-order valence-corrected chi connectivity index (χ0v) is 46.4. The number of aromatic nitrogens is 6. The molecule has 0 aliphatic rings. The quantitative estimate of drug-likeness (QED) is 0.101. The molecule has 0 saturated heterocycles. The highest BCUT2D eigenvalue weighted by Crippen LogP contribution is 2.41. The number of rotatable bonds is 10. The number of hydrogen-bond donors (Lipinski definition) is 0. The predicted octanol–water partition coefficient (Wildman–Crippen LogP) is 19.5. The molecule has 0 amide bonds. The van der Waals surface area contributed by atoms with Gasteiger partial charge in [-0.05, 0) is 143 Å². The van der Waals surface area contributed by atoms with Crippen LogP contribution in [-0.2, 0) is 0 Å². The summed E-state index contributed by atoms with van der Waals surface area (Å²) in [5.41, 5.74) is 17.4. The van der Waals surface area contributed by atoms with Gasteiger partial charge >= 0.3 is 0 Å². The highest BCUT2D eigenvalue weighted by molar-refractivity contribution is 6.12. The van der Waals surface area contributed by atoms with Crippen molar-refractivity contribution < 1.29 is 13.4 Å². The van der Waals surface area contributed by atoms with E-state index in [0.717, 1.165) is 127 Å². The smallest absolute Gasteiger partial charge is 0.269 e. The minimum Gasteiger partial charge on any atom is -0.458 e. The first kappa shape index (κ1) is 46.0. The van der Waals surface area contributed by atoms with Crippen LogP contribution in [0.25, 0.3) is 138 Å². The zero-order valence-electron chi connectivity index (χ0n) is 49.4. The van der Waals surface area contributed by atoms with Crippen LogP contribution < -0.4 is 9.30 Å². The fraction of sp³-hybridized carbons (Fsp3) is 0.0127. The largest absolute Gasteiger partial charge is 0.458 e. The van der Waals surface area contributed by atoms with Crippen LogP contribution in [0.1, 0.15) is 9.68 Å². The van der Waals surface area contributed by atoms with E-state index in [-0.39, 0.29) is 5.56 Å². The van der Waals surface area contributed by atoms with E-state index in [2.05, 4.69) is 260 Å². The Labute approximate surface area is 500 Å². The molecule has 12 aromatic carbocycles. The van der Waals surface area contributed by atoms with Gasteiger partial charge in [-0.25, -0.2) is 4.98 Å². The summed E-state index contributed by atoms with van der Waals surface area (Å²) < 4.78 is 45.6. The monoisotopic (exact) mass is 1100 g/mol. The number of ether oxygens (including phenoxy) is 1. The normalized spacial score (nSPS) is 12.4. The van der Waals surface area contributed by atoms with Gasteiger partial charge in [0, 0.05) is 65.6 Å². The Bertz CT molecular complexity index is 5360. The molecule has 86 heavy (non-hydrogen) atoms. The van der Waals surface area contributed by atoms with Crippen molar-refractivity contribution in [1.82, 2.24) is 23.3 Å². The lowest BCUT2D eigenvalue weighted by Crippen LogP contribution is -2.29. The summed E-state index contributed by atoms with van der Waals surface area (Å²) in [5.74, 6) is 1.71. The molecular formula is C79H52N6O. The highest BCUT2D eigenvalue weighted by atomic mass is 16.5. The summed E-state index contributed by atoms with van der Waals surface area (Å²) >= 11 is 0. The van der Waals surface area contributed by atoms with E-state index in [1.54, 1.807) is 12.3 Å². The fourth-order valence-electron chi connectivity index (χ4n) is 13.1. The van der Waals surface area contributed by atoms with Crippen LogP contribution in [0, 0.1) is 13.2 Å². The number of hydrogen-bond acceptors (Lipinski definition) is 2. The van der Waals surface area contributed by atoms with Crippen molar-refractivity contribution in [2.75, 3.05) is 0 Å². The van der Waals surface area contributed by atoms with Gasteiger partial charge in [0.1, 0.15) is 17.3 Å². The van der Waals surface area contributed by atoms with Gasteiger partial charge in [-0.3, -0.25) is 13.7 Å². The molecule has 0 N–H and O–H groups in total. The van der Waals surface area contributed by atoms with Crippen LogP contribution in [0.3, 0.4) is 0 Å². The van der Waals surface area contributed by atoms with Crippen LogP contribution >= 0.6 is 0 Å². The number of para-hydroxylation sites is 7. The van der Waals surface area contributed by atoms with Crippen molar-refractivity contribution in [2.24, 2.45) is 0 Å². The standard InChI is InChI=1S/C79H52N6O/c1-52-41-79(80-50-70(52)57-45-60(83-71-32-13-8-27-64(71)65-28-9-14-33-72(65)83)47-61(46-57)84-73-34-15-10-29-66(73)67-30-11-16-35-74(67)84)85-75-36-17-12-31-68(75)69-40-39-63(49-78(69)85)86-62-26-20-25-58(48-62)81-51-82(77-38-19-18-37-76(77)81)59-43-55(53-21-4-2-5-22-53)42-56(44-59)54-23-6-3-7-24-54/h2-50H,1H3/i1D3. The molecule has 404 valence electrons. The third-order valence-electron chi connectivity index (χ3n) is 16.9. The maximum Gasteiger partial charge on any atom is 0.269 e. The van der Waals surface area contributed by atoms with Crippen molar-refractivity contribution in [3.63, 3.8) is 0 Å². The van der Waals surface area contributed by atoms with E-state index in [1.165, 1.54) is 0 Å². The summed E-state index contributed by atoms with van der Waals surface area (Å²) in [6, 6.07) is 100. The minimum atomic E-state index is -2.54. The maximum absolute atomic E-state index is 9.30. The summed E-state index contributed by atoms with van der Waals surface area (Å²) in [6.45, 7) is -2.54. The summed E-state index contributed by atoms with van der Waals surface area (Å²) in [4.78, 5) is 5.25. The van der Waals surface area contributed by atoms with Crippen LogP contribution in [0.2, 0.25) is 0 Å². The van der Waals surface area contributed by atoms with Crippen molar-refractivity contribution in [1.29, 1.82) is 0 Å². The Kier molecular flexibility index (Phi) is 10.6. The van der Waals surface area contributed by atoms with Gasteiger partial charge in [0.2, 0.25) is 0 Å². The van der Waals surface area contributed by atoms with Gasteiger partial charge in [0.05, 0.1) is 55.5 Å². The Balaban J connectivity index is 0.782. The van der Waals surface area contributed by atoms with E-state index in [9.17, 15) is 4.11 Å². The summed E-state index contributed by atoms with van der Waals surface area (Å²) in [5, 5.41) is 6.50.